The third kappa shape index (κ3) is 1.29. The molecule has 0 amide bonds. The molecule has 0 saturated heterocycles. The number of aromatic nitrogens is 1. The molecule has 0 atom stereocenters. The van der Waals surface area contributed by atoms with Crippen LogP contribution in [0.4, 0.5) is 0 Å². The van der Waals surface area contributed by atoms with Crippen molar-refractivity contribution in [3.63, 3.8) is 0 Å². The molecule has 0 aliphatic heterocycles. The Balaban J connectivity index is 2.76. The molecule has 1 heterocycles. The van der Waals surface area contributed by atoms with E-state index in [9.17, 15) is 0 Å². The minimum absolute atomic E-state index is 0.306. The summed E-state index contributed by atoms with van der Waals surface area (Å²) in [6, 6.07) is 3.72. The Labute approximate surface area is 52.9 Å². The fourth-order valence-corrected chi connectivity index (χ4v) is 0.578. The summed E-state index contributed by atoms with van der Waals surface area (Å²) in [4.78, 5) is 0. The molecule has 0 aliphatic rings. The summed E-state index contributed by atoms with van der Waals surface area (Å²) < 4.78 is 4.73. The van der Waals surface area contributed by atoms with E-state index in [1.165, 1.54) is 0 Å². The average molecular weight is 122 g/mol. The molecule has 9 heavy (non-hydrogen) atoms. The van der Waals surface area contributed by atoms with Crippen molar-refractivity contribution in [1.29, 1.82) is 5.26 Å². The van der Waals surface area contributed by atoms with Gasteiger partial charge in [0, 0.05) is 6.07 Å². The maximum Gasteiger partial charge on any atom is 0.151 e. The highest BCUT2D eigenvalue weighted by Gasteiger charge is 1.96. The summed E-state index contributed by atoms with van der Waals surface area (Å²) >= 11 is 0. The van der Waals surface area contributed by atoms with Crippen LogP contribution in [0.2, 0.25) is 0 Å². The van der Waals surface area contributed by atoms with Crippen molar-refractivity contribution in [1.82, 2.24) is 5.16 Å². The summed E-state index contributed by atoms with van der Waals surface area (Å²) in [6.07, 6.45) is 0.306. The van der Waals surface area contributed by atoms with E-state index in [0.717, 1.165) is 5.69 Å². The number of nitrogens with zero attached hydrogens (tertiary/aromatic N) is 2. The van der Waals surface area contributed by atoms with E-state index in [1.807, 2.05) is 13.0 Å². The van der Waals surface area contributed by atoms with Gasteiger partial charge in [-0.1, -0.05) is 5.16 Å². The first kappa shape index (κ1) is 5.83. The summed E-state index contributed by atoms with van der Waals surface area (Å²) in [5.41, 5.74) is 0.820. The third-order valence-corrected chi connectivity index (χ3v) is 0.930. The zero-order valence-electron chi connectivity index (χ0n) is 5.09. The zero-order chi connectivity index (χ0) is 6.69. The van der Waals surface area contributed by atoms with Crippen molar-refractivity contribution >= 4 is 0 Å². The second-order valence-electron chi connectivity index (χ2n) is 1.77. The van der Waals surface area contributed by atoms with Gasteiger partial charge < -0.3 is 4.52 Å². The topological polar surface area (TPSA) is 49.8 Å². The molecule has 1 aromatic heterocycles. The Morgan fingerprint density at radius 2 is 2.67 bits per heavy atom. The van der Waals surface area contributed by atoms with E-state index in [2.05, 4.69) is 5.16 Å². The number of hydrogen-bond acceptors (Lipinski definition) is 3. The van der Waals surface area contributed by atoms with Gasteiger partial charge in [-0.3, -0.25) is 0 Å². The Morgan fingerprint density at radius 1 is 1.89 bits per heavy atom. The first-order valence-electron chi connectivity index (χ1n) is 2.62. The van der Waals surface area contributed by atoms with Gasteiger partial charge >= 0.3 is 0 Å². The van der Waals surface area contributed by atoms with E-state index >= 15 is 0 Å². The fraction of sp³-hybridized carbons (Fsp3) is 0.333. The highest BCUT2D eigenvalue weighted by molar-refractivity contribution is 5.06. The number of hydrogen-bond donors (Lipinski definition) is 0. The number of nitriles is 1. The smallest absolute Gasteiger partial charge is 0.151 e. The molecule has 46 valence electrons. The average Bonchev–Trinajstić information content (AvgIpc) is 2.17. The molecule has 0 saturated carbocycles. The predicted octanol–water partition coefficient (Wildman–Crippen LogP) is 1.05. The largest absolute Gasteiger partial charge is 0.360 e. The van der Waals surface area contributed by atoms with Crippen LogP contribution in [0, 0.1) is 18.3 Å². The van der Waals surface area contributed by atoms with E-state index in [1.54, 1.807) is 6.07 Å². The van der Waals surface area contributed by atoms with Crippen molar-refractivity contribution in [2.24, 2.45) is 0 Å². The van der Waals surface area contributed by atoms with Gasteiger partial charge in [0.2, 0.25) is 0 Å². The highest BCUT2D eigenvalue weighted by Crippen LogP contribution is 2.00. The van der Waals surface area contributed by atoms with Crippen molar-refractivity contribution in [2.45, 2.75) is 13.3 Å². The summed E-state index contributed by atoms with van der Waals surface area (Å²) in [5.74, 6) is 0.634. The number of aryl methyl sites for hydroxylation is 1. The normalized spacial score (nSPS) is 8.89. The molecule has 0 unspecified atom stereocenters. The lowest BCUT2D eigenvalue weighted by molar-refractivity contribution is 0.387. The maximum absolute atomic E-state index is 8.19. The van der Waals surface area contributed by atoms with Crippen LogP contribution in [0.25, 0.3) is 0 Å². The molecule has 0 radical (unpaired) electrons. The van der Waals surface area contributed by atoms with Crippen LogP contribution in [0.5, 0.6) is 0 Å². The fourth-order valence-electron chi connectivity index (χ4n) is 0.578. The van der Waals surface area contributed by atoms with Gasteiger partial charge in [0.15, 0.2) is 5.76 Å². The Bertz CT molecular complexity index is 233. The van der Waals surface area contributed by atoms with E-state index < -0.39 is 0 Å². The summed E-state index contributed by atoms with van der Waals surface area (Å²) in [6.45, 7) is 1.82. The first-order chi connectivity index (χ1) is 4.33. The standard InChI is InChI=1S/C6H6N2O/c1-5-4-6(2-3-7)9-8-5/h4H,2H2,1H3. The quantitative estimate of drug-likeness (QED) is 0.559. The lowest BCUT2D eigenvalue weighted by atomic mass is 10.3. The molecule has 0 N–H and O–H groups in total. The Kier molecular flexibility index (Phi) is 1.50. The molecule has 0 bridgehead atoms. The van der Waals surface area contributed by atoms with Crippen LogP contribution in [0.1, 0.15) is 11.5 Å². The molecular formula is C6H6N2O. The van der Waals surface area contributed by atoms with Crippen molar-refractivity contribution < 1.29 is 4.52 Å². The van der Waals surface area contributed by atoms with Gasteiger partial charge in [-0.05, 0) is 6.92 Å². The van der Waals surface area contributed by atoms with Crippen LogP contribution in [-0.2, 0) is 6.42 Å². The minimum Gasteiger partial charge on any atom is -0.360 e. The van der Waals surface area contributed by atoms with E-state index in [4.69, 9.17) is 9.78 Å². The summed E-state index contributed by atoms with van der Waals surface area (Å²) in [5, 5.41) is 11.8. The van der Waals surface area contributed by atoms with Crippen LogP contribution in [-0.4, -0.2) is 5.16 Å². The van der Waals surface area contributed by atoms with Crippen molar-refractivity contribution in [3.05, 3.63) is 17.5 Å². The summed E-state index contributed by atoms with van der Waals surface area (Å²) in [7, 11) is 0. The van der Waals surface area contributed by atoms with Crippen LogP contribution in [0.3, 0.4) is 0 Å². The van der Waals surface area contributed by atoms with Gasteiger partial charge in [0.1, 0.15) is 0 Å². The Morgan fingerprint density at radius 3 is 3.11 bits per heavy atom. The van der Waals surface area contributed by atoms with E-state index in [-0.39, 0.29) is 0 Å². The molecular weight excluding hydrogens is 116 g/mol. The first-order valence-corrected chi connectivity index (χ1v) is 2.62. The van der Waals surface area contributed by atoms with Gasteiger partial charge in [0.25, 0.3) is 0 Å². The molecule has 0 aromatic carbocycles. The maximum atomic E-state index is 8.19. The van der Waals surface area contributed by atoms with Crippen molar-refractivity contribution in [2.75, 3.05) is 0 Å². The monoisotopic (exact) mass is 122 g/mol. The second-order valence-corrected chi connectivity index (χ2v) is 1.77. The van der Waals surface area contributed by atoms with E-state index in [0.29, 0.717) is 12.2 Å². The zero-order valence-corrected chi connectivity index (χ0v) is 5.09. The molecule has 0 spiro atoms. The van der Waals surface area contributed by atoms with Gasteiger partial charge in [0.05, 0.1) is 18.2 Å². The lowest BCUT2D eigenvalue weighted by Gasteiger charge is -1.74. The second kappa shape index (κ2) is 2.31. The SMILES string of the molecule is Cc1cc(CC#N)on1. The molecule has 1 rings (SSSR count). The van der Waals surface area contributed by atoms with Crippen LogP contribution in [0.15, 0.2) is 10.6 Å². The van der Waals surface area contributed by atoms with Crippen LogP contribution >= 0.6 is 0 Å². The molecule has 0 aliphatic carbocycles. The van der Waals surface area contributed by atoms with Crippen molar-refractivity contribution in [3.8, 4) is 6.07 Å². The highest BCUT2D eigenvalue weighted by atomic mass is 16.5. The predicted molar refractivity (Wildman–Crippen MR) is 30.6 cm³/mol. The van der Waals surface area contributed by atoms with Gasteiger partial charge in [-0.25, -0.2) is 0 Å². The minimum atomic E-state index is 0.306. The van der Waals surface area contributed by atoms with Gasteiger partial charge in [-0.2, -0.15) is 5.26 Å². The molecule has 3 nitrogen and oxygen atoms in total. The van der Waals surface area contributed by atoms with Crippen LogP contribution < -0.4 is 0 Å². The molecule has 0 fully saturated rings. The van der Waals surface area contributed by atoms with Gasteiger partial charge in [-0.15, -0.1) is 0 Å². The Hall–Kier alpha value is -1.30. The molecule has 3 heteroatoms. The third-order valence-electron chi connectivity index (χ3n) is 0.930. The lowest BCUT2D eigenvalue weighted by Crippen LogP contribution is -1.71. The molecule has 1 aromatic rings. The number of rotatable bonds is 1.